The fourth-order valence-corrected chi connectivity index (χ4v) is 1.61. The number of carbonyl (C=O) groups excluding carboxylic acids is 1. The minimum atomic E-state index is -0.591. The number of esters is 1. The van der Waals surface area contributed by atoms with Crippen molar-refractivity contribution in [2.24, 2.45) is 5.73 Å². The minimum absolute atomic E-state index is 0.00712. The van der Waals surface area contributed by atoms with Crippen molar-refractivity contribution in [3.05, 3.63) is 29.3 Å². The van der Waals surface area contributed by atoms with Crippen LogP contribution in [0.5, 0.6) is 5.75 Å². The maximum absolute atomic E-state index is 11.3. The van der Waals surface area contributed by atoms with E-state index in [1.807, 2.05) is 0 Å². The van der Waals surface area contributed by atoms with E-state index in [4.69, 9.17) is 11.1 Å². The molecule has 86 valence electrons. The van der Waals surface area contributed by atoms with Crippen LogP contribution in [-0.4, -0.2) is 23.4 Å². The number of aromatic hydroxyl groups is 1. The van der Waals surface area contributed by atoms with E-state index >= 15 is 0 Å². The Bertz CT molecular complexity index is 421. The summed E-state index contributed by atoms with van der Waals surface area (Å²) in [7, 11) is 1.25. The second-order valence-electron chi connectivity index (χ2n) is 3.00. The van der Waals surface area contributed by atoms with E-state index in [9.17, 15) is 9.90 Å². The normalized spacial score (nSPS) is 9.81. The molecule has 1 aromatic carbocycles. The van der Waals surface area contributed by atoms with Crippen LogP contribution in [0.1, 0.15) is 15.9 Å². The van der Waals surface area contributed by atoms with Crippen molar-refractivity contribution in [1.82, 2.24) is 0 Å². The Morgan fingerprint density at radius 3 is 2.88 bits per heavy atom. The number of rotatable bonds is 3. The summed E-state index contributed by atoms with van der Waals surface area (Å²) in [6.45, 7) is 0. The molecule has 0 radical (unpaired) electrons. The van der Waals surface area contributed by atoms with Crippen molar-refractivity contribution in [1.29, 1.82) is 5.41 Å². The maximum Gasteiger partial charge on any atom is 0.341 e. The van der Waals surface area contributed by atoms with Crippen molar-refractivity contribution in [2.45, 2.75) is 5.75 Å². The van der Waals surface area contributed by atoms with Gasteiger partial charge in [-0.25, -0.2) is 4.79 Å². The monoisotopic (exact) mass is 240 g/mol. The Kier molecular flexibility index (Phi) is 4.19. The lowest BCUT2D eigenvalue weighted by atomic mass is 10.1. The van der Waals surface area contributed by atoms with Gasteiger partial charge in [-0.3, -0.25) is 5.41 Å². The molecular weight excluding hydrogens is 228 g/mol. The molecule has 0 saturated heterocycles. The Balaban J connectivity index is 2.89. The molecule has 0 aromatic heterocycles. The predicted octanol–water partition coefficient (Wildman–Crippen LogP) is 1.31. The van der Waals surface area contributed by atoms with Crippen LogP contribution in [0, 0.1) is 5.41 Å². The molecule has 6 heteroatoms. The first-order chi connectivity index (χ1) is 7.54. The first kappa shape index (κ1) is 12.4. The molecule has 0 bridgehead atoms. The topological polar surface area (TPSA) is 96.4 Å². The fourth-order valence-electron chi connectivity index (χ4n) is 1.11. The number of benzene rings is 1. The molecule has 0 fully saturated rings. The van der Waals surface area contributed by atoms with Crippen LogP contribution >= 0.6 is 11.8 Å². The van der Waals surface area contributed by atoms with E-state index in [0.717, 1.165) is 17.3 Å². The highest BCUT2D eigenvalue weighted by Crippen LogP contribution is 2.21. The first-order valence-electron chi connectivity index (χ1n) is 4.41. The molecule has 16 heavy (non-hydrogen) atoms. The second kappa shape index (κ2) is 5.41. The number of nitrogens with two attached hydrogens (primary N) is 1. The smallest absolute Gasteiger partial charge is 0.341 e. The third kappa shape index (κ3) is 3.16. The number of thioether (sulfide) groups is 1. The molecule has 1 rings (SSSR count). The van der Waals surface area contributed by atoms with Crippen molar-refractivity contribution in [3.63, 3.8) is 0 Å². The highest BCUT2D eigenvalue weighted by Gasteiger charge is 2.12. The predicted molar refractivity (Wildman–Crippen MR) is 62.7 cm³/mol. The first-order valence-corrected chi connectivity index (χ1v) is 5.40. The summed E-state index contributed by atoms with van der Waals surface area (Å²) in [5.41, 5.74) is 6.10. The van der Waals surface area contributed by atoms with E-state index in [0.29, 0.717) is 5.75 Å². The maximum atomic E-state index is 11.3. The lowest BCUT2D eigenvalue weighted by Gasteiger charge is -2.05. The van der Waals surface area contributed by atoms with E-state index in [1.165, 1.54) is 19.2 Å². The lowest BCUT2D eigenvalue weighted by Crippen LogP contribution is -2.05. The standard InChI is InChI=1S/C10H12N2O3S/c1-15-9(14)7-4-6(2-3-8(7)13)5-16-10(11)12/h2-4,13H,5H2,1H3,(H3,11,12). The van der Waals surface area contributed by atoms with Crippen molar-refractivity contribution in [3.8, 4) is 5.75 Å². The Labute approximate surface area is 97.1 Å². The van der Waals surface area contributed by atoms with Gasteiger partial charge in [0.25, 0.3) is 0 Å². The van der Waals surface area contributed by atoms with E-state index in [1.54, 1.807) is 6.07 Å². The summed E-state index contributed by atoms with van der Waals surface area (Å²) in [4.78, 5) is 11.3. The number of methoxy groups -OCH3 is 1. The van der Waals surface area contributed by atoms with Crippen molar-refractivity contribution in [2.75, 3.05) is 7.11 Å². The zero-order chi connectivity index (χ0) is 12.1. The number of amidine groups is 1. The lowest BCUT2D eigenvalue weighted by molar-refractivity contribution is 0.0597. The molecule has 0 amide bonds. The van der Waals surface area contributed by atoms with E-state index in [-0.39, 0.29) is 16.5 Å². The van der Waals surface area contributed by atoms with Gasteiger partial charge in [0.15, 0.2) is 5.17 Å². The quantitative estimate of drug-likeness (QED) is 0.420. The largest absolute Gasteiger partial charge is 0.507 e. The number of phenolic OH excluding ortho intramolecular Hbond substituents is 1. The number of ether oxygens (including phenoxy) is 1. The molecule has 4 N–H and O–H groups in total. The minimum Gasteiger partial charge on any atom is -0.507 e. The highest BCUT2D eigenvalue weighted by molar-refractivity contribution is 8.13. The third-order valence-corrected chi connectivity index (χ3v) is 2.65. The number of phenols is 1. The van der Waals surface area contributed by atoms with Crippen LogP contribution in [0.25, 0.3) is 0 Å². The summed E-state index contributed by atoms with van der Waals surface area (Å²) in [5, 5.41) is 16.5. The SMILES string of the molecule is COC(=O)c1cc(CSC(=N)N)ccc1O. The number of hydrogen-bond acceptors (Lipinski definition) is 5. The van der Waals surface area contributed by atoms with Gasteiger partial charge in [0, 0.05) is 5.75 Å². The van der Waals surface area contributed by atoms with Gasteiger partial charge in [0.1, 0.15) is 11.3 Å². The molecule has 5 nitrogen and oxygen atoms in total. The fraction of sp³-hybridized carbons (Fsp3) is 0.200. The Morgan fingerprint density at radius 1 is 1.62 bits per heavy atom. The zero-order valence-electron chi connectivity index (χ0n) is 8.69. The van der Waals surface area contributed by atoms with Crippen LogP contribution < -0.4 is 5.73 Å². The molecule has 0 spiro atoms. The summed E-state index contributed by atoms with van der Waals surface area (Å²) in [5.74, 6) is -0.241. The van der Waals surface area contributed by atoms with Gasteiger partial charge < -0.3 is 15.6 Å². The average molecular weight is 240 g/mol. The van der Waals surface area contributed by atoms with Crippen LogP contribution in [-0.2, 0) is 10.5 Å². The van der Waals surface area contributed by atoms with Gasteiger partial charge >= 0.3 is 5.97 Å². The highest BCUT2D eigenvalue weighted by atomic mass is 32.2. The van der Waals surface area contributed by atoms with Crippen LogP contribution in [0.2, 0.25) is 0 Å². The van der Waals surface area contributed by atoms with Gasteiger partial charge in [-0.15, -0.1) is 0 Å². The van der Waals surface area contributed by atoms with E-state index < -0.39 is 5.97 Å². The number of nitrogens with one attached hydrogen (secondary N) is 1. The average Bonchev–Trinajstić information content (AvgIpc) is 2.27. The van der Waals surface area contributed by atoms with Crippen LogP contribution in [0.3, 0.4) is 0 Å². The van der Waals surface area contributed by atoms with Gasteiger partial charge in [-0.1, -0.05) is 17.8 Å². The molecule has 0 aliphatic heterocycles. The summed E-state index contributed by atoms with van der Waals surface area (Å²) < 4.78 is 4.53. The Hall–Kier alpha value is -1.69. The van der Waals surface area contributed by atoms with Gasteiger partial charge in [-0.2, -0.15) is 0 Å². The number of carbonyl (C=O) groups is 1. The molecule has 0 aliphatic carbocycles. The molecule has 0 atom stereocenters. The molecule has 1 aromatic rings. The summed E-state index contributed by atoms with van der Waals surface area (Å²) >= 11 is 1.15. The summed E-state index contributed by atoms with van der Waals surface area (Å²) in [6.07, 6.45) is 0. The van der Waals surface area contributed by atoms with Crippen LogP contribution in [0.15, 0.2) is 18.2 Å². The molecule has 0 saturated carbocycles. The van der Waals surface area contributed by atoms with Gasteiger partial charge in [0.2, 0.25) is 0 Å². The third-order valence-electron chi connectivity index (χ3n) is 1.86. The molecule has 0 unspecified atom stereocenters. The molecule has 0 heterocycles. The summed E-state index contributed by atoms with van der Waals surface area (Å²) in [6, 6.07) is 4.61. The van der Waals surface area contributed by atoms with Gasteiger partial charge in [0.05, 0.1) is 7.11 Å². The zero-order valence-corrected chi connectivity index (χ0v) is 9.50. The van der Waals surface area contributed by atoms with Crippen molar-refractivity contribution >= 4 is 22.9 Å². The second-order valence-corrected chi connectivity index (χ2v) is 4.01. The number of hydrogen-bond donors (Lipinski definition) is 3. The van der Waals surface area contributed by atoms with Crippen molar-refractivity contribution < 1.29 is 14.6 Å². The Morgan fingerprint density at radius 2 is 2.31 bits per heavy atom. The van der Waals surface area contributed by atoms with E-state index in [2.05, 4.69) is 4.74 Å². The van der Waals surface area contributed by atoms with Crippen LogP contribution in [0.4, 0.5) is 0 Å². The van der Waals surface area contributed by atoms with Gasteiger partial charge in [-0.05, 0) is 17.7 Å². The molecule has 0 aliphatic rings. The molecular formula is C10H12N2O3S.